The number of nitrogens with zero attached hydrogens (tertiary/aromatic N) is 3. The van der Waals surface area contributed by atoms with E-state index in [9.17, 15) is 21.4 Å². The minimum atomic E-state index is -4.81. The van der Waals surface area contributed by atoms with Gasteiger partial charge in [-0.15, -0.1) is 0 Å². The number of guanidine groups is 1. The monoisotopic (exact) mass is 384 g/mol. The highest BCUT2D eigenvalue weighted by Gasteiger charge is 2.24. The summed E-state index contributed by atoms with van der Waals surface area (Å²) < 4.78 is 64.4. The molecule has 14 heteroatoms. The highest BCUT2D eigenvalue weighted by molar-refractivity contribution is 7.86. The molecule has 0 unspecified atom stereocenters. The fourth-order valence-electron chi connectivity index (χ4n) is 1.70. The number of aliphatic imine (C=N–C) groups is 1. The molecule has 0 aromatic heterocycles. The number of anilines is 1. The van der Waals surface area contributed by atoms with Gasteiger partial charge >= 0.3 is 0 Å². The molecule has 0 bridgehead atoms. The highest BCUT2D eigenvalue weighted by Crippen LogP contribution is 2.25. The second-order valence-corrected chi connectivity index (χ2v) is 7.66. The van der Waals surface area contributed by atoms with E-state index >= 15 is 0 Å². The van der Waals surface area contributed by atoms with E-state index in [1.165, 1.54) is 4.42 Å². The van der Waals surface area contributed by atoms with Crippen molar-refractivity contribution in [2.24, 2.45) is 4.99 Å². The van der Waals surface area contributed by atoms with Crippen LogP contribution < -0.4 is 11.2 Å². The Kier molecular flexibility index (Phi) is 4.70. The first-order valence-corrected chi connectivity index (χ1v) is 9.00. The Balaban J connectivity index is 2.47. The van der Waals surface area contributed by atoms with Gasteiger partial charge in [-0.25, -0.2) is 10.0 Å². The lowest BCUT2D eigenvalue weighted by atomic mass is 10.3. The van der Waals surface area contributed by atoms with Crippen LogP contribution in [0.4, 0.5) is 5.69 Å². The van der Waals surface area contributed by atoms with E-state index in [0.717, 1.165) is 17.1 Å². The first-order valence-electron chi connectivity index (χ1n) is 5.78. The number of nitrogens with one attached hydrogen (secondary N) is 2. The molecule has 2 rings (SSSR count). The smallest absolute Gasteiger partial charge is 0.293 e. The molecule has 0 fully saturated rings. The molecule has 4 N–H and O–H groups in total. The lowest BCUT2D eigenvalue weighted by Gasteiger charge is -2.31. The molecule has 23 heavy (non-hydrogen) atoms. The predicted octanol–water partition coefficient (Wildman–Crippen LogP) is -0.168. The normalized spacial score (nSPS) is 17.0. The van der Waals surface area contributed by atoms with Gasteiger partial charge in [-0.1, -0.05) is 0 Å². The quantitative estimate of drug-likeness (QED) is 0.472. The molecule has 0 amide bonds. The van der Waals surface area contributed by atoms with Crippen molar-refractivity contribution >= 4 is 43.7 Å². The van der Waals surface area contributed by atoms with E-state index in [1.54, 1.807) is 0 Å². The Labute approximate surface area is 136 Å². The second kappa shape index (κ2) is 6.10. The highest BCUT2D eigenvalue weighted by atomic mass is 35.5. The molecule has 0 saturated carbocycles. The third-order valence-corrected chi connectivity index (χ3v) is 4.67. The molecule has 0 spiro atoms. The average molecular weight is 385 g/mol. The number of rotatable bonds is 4. The molecule has 1 heterocycles. The van der Waals surface area contributed by atoms with Crippen LogP contribution >= 0.6 is 11.8 Å². The van der Waals surface area contributed by atoms with E-state index in [-0.39, 0.29) is 25.0 Å². The summed E-state index contributed by atoms with van der Waals surface area (Å²) in [4.78, 5) is 2.22. The summed E-state index contributed by atoms with van der Waals surface area (Å²) in [7, 11) is -9.47. The molecule has 0 aliphatic carbocycles. The SMILES string of the molecule is [NH]C1=NCN(Cl)CN1Nc1ccc(S(=O)(=O)O)cc1S(=O)(=O)O. The van der Waals surface area contributed by atoms with Gasteiger partial charge in [-0.2, -0.15) is 21.3 Å². The Morgan fingerprint density at radius 1 is 1.22 bits per heavy atom. The van der Waals surface area contributed by atoms with Crippen molar-refractivity contribution in [2.75, 3.05) is 18.8 Å². The van der Waals surface area contributed by atoms with Crippen molar-refractivity contribution in [3.8, 4) is 0 Å². The fourth-order valence-corrected chi connectivity index (χ4v) is 3.11. The van der Waals surface area contributed by atoms with E-state index in [2.05, 4.69) is 10.4 Å². The minimum absolute atomic E-state index is 0.0329. The van der Waals surface area contributed by atoms with Gasteiger partial charge in [0.25, 0.3) is 20.2 Å². The Bertz CT molecular complexity index is 855. The maximum Gasteiger partial charge on any atom is 0.296 e. The van der Waals surface area contributed by atoms with Gasteiger partial charge in [0.15, 0.2) is 0 Å². The molecular formula is C9H11ClN5O6S2. The summed E-state index contributed by atoms with van der Waals surface area (Å²) in [5.74, 6) is -0.248. The van der Waals surface area contributed by atoms with Crippen LogP contribution in [0.15, 0.2) is 33.0 Å². The van der Waals surface area contributed by atoms with Crippen molar-refractivity contribution in [1.82, 2.24) is 15.2 Å². The molecule has 1 radical (unpaired) electrons. The first-order chi connectivity index (χ1) is 10.5. The van der Waals surface area contributed by atoms with Gasteiger partial charge < -0.3 is 0 Å². The molecule has 1 aliphatic heterocycles. The Morgan fingerprint density at radius 3 is 2.43 bits per heavy atom. The summed E-state index contributed by atoms with van der Waals surface area (Å²) in [5.41, 5.74) is 9.88. The van der Waals surface area contributed by atoms with Gasteiger partial charge in [0.05, 0.1) is 10.6 Å². The van der Waals surface area contributed by atoms with Gasteiger partial charge in [0.1, 0.15) is 18.2 Å². The minimum Gasteiger partial charge on any atom is -0.293 e. The number of benzene rings is 1. The Hall–Kier alpha value is -1.64. The number of hydrazine groups is 1. The lowest BCUT2D eigenvalue weighted by Crippen LogP contribution is -2.46. The third kappa shape index (κ3) is 4.21. The Morgan fingerprint density at radius 2 is 1.87 bits per heavy atom. The third-order valence-electron chi connectivity index (χ3n) is 2.71. The summed E-state index contributed by atoms with van der Waals surface area (Å²) >= 11 is 5.74. The standard InChI is InChI=1S/C9H11ClN5O6S2/c10-14-4-12-9(11)15(5-14)13-7-2-1-6(22(16,17)18)3-8(7)23(19,20)21/h1-3,11,13H,4-5H2,(H,16,17,18)(H,19,20,21). The summed E-state index contributed by atoms with van der Waals surface area (Å²) in [6.07, 6.45) is 0. The van der Waals surface area contributed by atoms with E-state index in [1.807, 2.05) is 0 Å². The van der Waals surface area contributed by atoms with Gasteiger partial charge in [0, 0.05) is 0 Å². The summed E-state index contributed by atoms with van der Waals surface area (Å²) in [6.45, 7) is 0.0280. The van der Waals surface area contributed by atoms with Crippen LogP contribution in [0.25, 0.3) is 0 Å². The first kappa shape index (κ1) is 17.7. The zero-order valence-electron chi connectivity index (χ0n) is 11.2. The molecule has 127 valence electrons. The molecular weight excluding hydrogens is 374 g/mol. The van der Waals surface area contributed by atoms with Crippen molar-refractivity contribution in [2.45, 2.75) is 9.79 Å². The molecule has 0 atom stereocenters. The maximum atomic E-state index is 11.4. The molecule has 11 nitrogen and oxygen atoms in total. The van der Waals surface area contributed by atoms with Crippen molar-refractivity contribution in [3.63, 3.8) is 0 Å². The lowest BCUT2D eigenvalue weighted by molar-refractivity contribution is 0.298. The number of halogens is 1. The van der Waals surface area contributed by atoms with Gasteiger partial charge in [0.2, 0.25) is 5.96 Å². The zero-order valence-corrected chi connectivity index (χ0v) is 13.6. The number of hydrogen-bond acceptors (Lipinski definition) is 8. The molecule has 1 aromatic rings. The van der Waals surface area contributed by atoms with Crippen LogP contribution in [0.5, 0.6) is 0 Å². The van der Waals surface area contributed by atoms with Crippen molar-refractivity contribution < 1.29 is 25.9 Å². The van der Waals surface area contributed by atoms with Crippen LogP contribution in [0.1, 0.15) is 0 Å². The summed E-state index contributed by atoms with van der Waals surface area (Å²) in [6, 6.07) is 2.51. The molecule has 1 aromatic carbocycles. The van der Waals surface area contributed by atoms with E-state index in [0.29, 0.717) is 6.07 Å². The van der Waals surface area contributed by atoms with Crippen molar-refractivity contribution in [1.29, 1.82) is 0 Å². The maximum absolute atomic E-state index is 11.4. The zero-order chi connectivity index (χ0) is 17.4. The largest absolute Gasteiger partial charge is 0.296 e. The average Bonchev–Trinajstić information content (AvgIpc) is 2.41. The predicted molar refractivity (Wildman–Crippen MR) is 79.5 cm³/mol. The van der Waals surface area contributed by atoms with E-state index < -0.39 is 30.0 Å². The van der Waals surface area contributed by atoms with Crippen LogP contribution in [0.3, 0.4) is 0 Å². The van der Waals surface area contributed by atoms with Crippen LogP contribution in [-0.4, -0.2) is 54.7 Å². The van der Waals surface area contributed by atoms with E-state index in [4.69, 9.17) is 22.1 Å². The second-order valence-electron chi connectivity index (χ2n) is 4.38. The summed E-state index contributed by atoms with van der Waals surface area (Å²) in [5, 5.41) is 1.06. The van der Waals surface area contributed by atoms with Gasteiger partial charge in [-0.05, 0) is 30.0 Å². The van der Waals surface area contributed by atoms with Crippen LogP contribution in [0.2, 0.25) is 0 Å². The molecule has 0 saturated heterocycles. The van der Waals surface area contributed by atoms with Gasteiger partial charge in [-0.3, -0.25) is 20.3 Å². The van der Waals surface area contributed by atoms with Crippen LogP contribution in [-0.2, 0) is 20.2 Å². The molecule has 1 aliphatic rings. The fraction of sp³-hybridized carbons (Fsp3) is 0.222. The number of hydrogen-bond donors (Lipinski definition) is 3. The van der Waals surface area contributed by atoms with Crippen LogP contribution in [0, 0.1) is 0 Å². The van der Waals surface area contributed by atoms with Crippen molar-refractivity contribution in [3.05, 3.63) is 18.2 Å². The topological polar surface area (TPSA) is 163 Å².